The number of aliphatic hydroxyl groups is 1. The molecule has 1 saturated carbocycles. The number of carbonyl (C=O) groups excluding carboxylic acids is 1. The number of benzene rings is 1. The van der Waals surface area contributed by atoms with E-state index in [0.29, 0.717) is 6.42 Å². The number of aliphatic hydroxyl groups excluding tert-OH is 1. The molecule has 104 valence electrons. The van der Waals surface area contributed by atoms with Gasteiger partial charge in [-0.2, -0.15) is 0 Å². The minimum Gasteiger partial charge on any atom is -0.394 e. The molecule has 2 N–H and O–H groups in total. The zero-order chi connectivity index (χ0) is 14.0. The fourth-order valence-electron chi connectivity index (χ4n) is 1.99. The molecule has 1 aromatic rings. The molecule has 0 aliphatic heterocycles. The molecule has 0 saturated heterocycles. The highest BCUT2D eigenvalue weighted by Crippen LogP contribution is 2.53. The monoisotopic (exact) mass is 301 g/mol. The molecule has 1 fully saturated rings. The van der Waals surface area contributed by atoms with Crippen molar-refractivity contribution in [3.8, 4) is 0 Å². The van der Waals surface area contributed by atoms with E-state index in [1.807, 2.05) is 24.3 Å². The Bertz CT molecular complexity index is 459. The van der Waals surface area contributed by atoms with Gasteiger partial charge in [0.1, 0.15) is 4.33 Å². The van der Waals surface area contributed by atoms with Crippen LogP contribution in [0.4, 0.5) is 0 Å². The molecule has 1 aromatic carbocycles. The topological polar surface area (TPSA) is 49.3 Å². The summed E-state index contributed by atoms with van der Waals surface area (Å²) in [5.74, 6) is -0.580. The first-order valence-electron chi connectivity index (χ1n) is 6.36. The van der Waals surface area contributed by atoms with Crippen molar-refractivity contribution in [1.29, 1.82) is 0 Å². The van der Waals surface area contributed by atoms with Crippen LogP contribution in [-0.4, -0.2) is 22.0 Å². The van der Waals surface area contributed by atoms with Gasteiger partial charge >= 0.3 is 0 Å². The van der Waals surface area contributed by atoms with E-state index in [0.717, 1.165) is 12.0 Å². The van der Waals surface area contributed by atoms with Gasteiger partial charge in [0.15, 0.2) is 0 Å². The Morgan fingerprint density at radius 1 is 1.47 bits per heavy atom. The smallest absolute Gasteiger partial charge is 0.226 e. The molecule has 2 atom stereocenters. The number of hydrogen-bond donors (Lipinski definition) is 2. The molecule has 0 bridgehead atoms. The second kappa shape index (κ2) is 5.70. The third kappa shape index (κ3) is 3.41. The number of aryl methyl sites for hydroxylation is 1. The highest BCUT2D eigenvalue weighted by atomic mass is 35.5. The molecule has 2 rings (SSSR count). The Balaban J connectivity index is 2.01. The van der Waals surface area contributed by atoms with Crippen molar-refractivity contribution in [3.05, 3.63) is 35.4 Å². The Morgan fingerprint density at radius 2 is 2.05 bits per heavy atom. The van der Waals surface area contributed by atoms with E-state index in [9.17, 15) is 9.90 Å². The molecule has 1 aliphatic carbocycles. The van der Waals surface area contributed by atoms with Crippen LogP contribution in [0.1, 0.15) is 30.5 Å². The zero-order valence-corrected chi connectivity index (χ0v) is 12.2. The first kappa shape index (κ1) is 14.6. The average molecular weight is 302 g/mol. The van der Waals surface area contributed by atoms with Crippen LogP contribution in [0.25, 0.3) is 0 Å². The van der Waals surface area contributed by atoms with E-state index in [4.69, 9.17) is 23.2 Å². The van der Waals surface area contributed by atoms with Gasteiger partial charge in [-0.05, 0) is 24.0 Å². The minimum atomic E-state index is -0.934. The second-order valence-electron chi connectivity index (χ2n) is 4.86. The molecule has 3 nitrogen and oxygen atoms in total. The lowest BCUT2D eigenvalue weighted by atomic mass is 10.0. The Kier molecular flexibility index (Phi) is 4.39. The quantitative estimate of drug-likeness (QED) is 0.821. The predicted octanol–water partition coefficient (Wildman–Crippen LogP) is 2.59. The summed E-state index contributed by atoms with van der Waals surface area (Å²) in [6.07, 6.45) is 1.42. The van der Waals surface area contributed by atoms with E-state index in [1.54, 1.807) is 0 Å². The first-order valence-corrected chi connectivity index (χ1v) is 7.11. The average Bonchev–Trinajstić information content (AvgIpc) is 3.05. The van der Waals surface area contributed by atoms with Gasteiger partial charge in [-0.1, -0.05) is 31.2 Å². The summed E-state index contributed by atoms with van der Waals surface area (Å²) in [6.45, 7) is 1.93. The number of alkyl halides is 2. The Morgan fingerprint density at radius 3 is 2.47 bits per heavy atom. The van der Waals surface area contributed by atoms with E-state index in [1.165, 1.54) is 5.56 Å². The lowest BCUT2D eigenvalue weighted by molar-refractivity contribution is -0.123. The highest BCUT2D eigenvalue weighted by molar-refractivity contribution is 6.52. The van der Waals surface area contributed by atoms with Crippen LogP contribution in [0.5, 0.6) is 0 Å². The summed E-state index contributed by atoms with van der Waals surface area (Å²) in [6, 6.07) is 7.41. The predicted molar refractivity (Wildman–Crippen MR) is 76.3 cm³/mol. The molecule has 1 aliphatic rings. The zero-order valence-electron chi connectivity index (χ0n) is 10.7. The lowest BCUT2D eigenvalue weighted by Gasteiger charge is -2.17. The first-order chi connectivity index (χ1) is 8.97. The van der Waals surface area contributed by atoms with Crippen molar-refractivity contribution in [3.63, 3.8) is 0 Å². The van der Waals surface area contributed by atoms with Gasteiger partial charge < -0.3 is 10.4 Å². The summed E-state index contributed by atoms with van der Waals surface area (Å²) < 4.78 is -0.934. The molecule has 0 heterocycles. The van der Waals surface area contributed by atoms with Crippen LogP contribution in [0.3, 0.4) is 0 Å². The van der Waals surface area contributed by atoms with E-state index < -0.39 is 10.4 Å². The van der Waals surface area contributed by atoms with Crippen molar-refractivity contribution in [1.82, 2.24) is 5.32 Å². The number of halogens is 2. The number of hydrogen-bond acceptors (Lipinski definition) is 2. The summed E-state index contributed by atoms with van der Waals surface area (Å²) in [4.78, 5) is 11.9. The molecule has 19 heavy (non-hydrogen) atoms. The molecule has 1 amide bonds. The normalized spacial score (nSPS) is 21.8. The maximum absolute atomic E-state index is 11.9. The van der Waals surface area contributed by atoms with Gasteiger partial charge in [-0.15, -0.1) is 23.2 Å². The van der Waals surface area contributed by atoms with Gasteiger partial charge in [0, 0.05) is 0 Å². The number of carbonyl (C=O) groups is 1. The molecule has 2 unspecified atom stereocenters. The fraction of sp³-hybridized carbons (Fsp3) is 0.500. The van der Waals surface area contributed by atoms with E-state index in [2.05, 4.69) is 12.2 Å². The van der Waals surface area contributed by atoms with Crippen LogP contribution in [0.2, 0.25) is 0 Å². The SMILES string of the molecule is CCc1ccc(C(CO)NC(=O)C2CC2(Cl)Cl)cc1. The number of rotatable bonds is 5. The van der Waals surface area contributed by atoms with Gasteiger partial charge in [-0.3, -0.25) is 4.79 Å². The Labute approximate surface area is 122 Å². The van der Waals surface area contributed by atoms with Crippen LogP contribution in [0.15, 0.2) is 24.3 Å². The van der Waals surface area contributed by atoms with Crippen molar-refractivity contribution in [2.24, 2.45) is 5.92 Å². The van der Waals surface area contributed by atoms with Gasteiger partial charge in [0.05, 0.1) is 18.6 Å². The number of nitrogens with one attached hydrogen (secondary N) is 1. The highest BCUT2D eigenvalue weighted by Gasteiger charge is 2.56. The minimum absolute atomic E-state index is 0.151. The molecule has 0 spiro atoms. The molecule has 0 radical (unpaired) electrons. The van der Waals surface area contributed by atoms with Crippen LogP contribution < -0.4 is 5.32 Å². The van der Waals surface area contributed by atoms with Gasteiger partial charge in [0.2, 0.25) is 5.91 Å². The van der Waals surface area contributed by atoms with Crippen LogP contribution in [0, 0.1) is 5.92 Å². The molecular formula is C14H17Cl2NO2. The largest absolute Gasteiger partial charge is 0.394 e. The molecule has 5 heteroatoms. The van der Waals surface area contributed by atoms with E-state index in [-0.39, 0.29) is 18.4 Å². The third-order valence-electron chi connectivity index (χ3n) is 3.43. The van der Waals surface area contributed by atoms with Crippen LogP contribution >= 0.6 is 23.2 Å². The van der Waals surface area contributed by atoms with Crippen molar-refractivity contribution < 1.29 is 9.90 Å². The summed E-state index contributed by atoms with van der Waals surface area (Å²) in [5.41, 5.74) is 2.10. The lowest BCUT2D eigenvalue weighted by Crippen LogP contribution is -2.33. The van der Waals surface area contributed by atoms with Gasteiger partial charge in [0.25, 0.3) is 0 Å². The molecule has 0 aromatic heterocycles. The van der Waals surface area contributed by atoms with Crippen LogP contribution in [-0.2, 0) is 11.2 Å². The second-order valence-corrected chi connectivity index (χ2v) is 6.40. The van der Waals surface area contributed by atoms with Crippen molar-refractivity contribution in [2.75, 3.05) is 6.61 Å². The summed E-state index contributed by atoms with van der Waals surface area (Å²) in [5, 5.41) is 12.2. The summed E-state index contributed by atoms with van der Waals surface area (Å²) in [7, 11) is 0. The van der Waals surface area contributed by atoms with E-state index >= 15 is 0 Å². The maximum Gasteiger partial charge on any atom is 0.226 e. The summed E-state index contributed by atoms with van der Waals surface area (Å²) >= 11 is 11.7. The van der Waals surface area contributed by atoms with Crippen molar-refractivity contribution >= 4 is 29.1 Å². The third-order valence-corrected chi connectivity index (χ3v) is 4.27. The standard InChI is InChI=1S/C14H17Cl2NO2/c1-2-9-3-5-10(6-4-9)12(8-18)17-13(19)11-7-14(11,15)16/h3-6,11-12,18H,2,7-8H2,1H3,(H,17,19). The van der Waals surface area contributed by atoms with Crippen molar-refractivity contribution in [2.45, 2.75) is 30.1 Å². The maximum atomic E-state index is 11.9. The fourth-order valence-corrected chi connectivity index (χ4v) is 2.50. The Hall–Kier alpha value is -0.770. The number of amides is 1. The van der Waals surface area contributed by atoms with Gasteiger partial charge in [-0.25, -0.2) is 0 Å². The molecular weight excluding hydrogens is 285 g/mol.